The van der Waals surface area contributed by atoms with E-state index in [4.69, 9.17) is 9.47 Å². The second-order valence-electron chi connectivity index (χ2n) is 3.00. The molecule has 0 aliphatic carbocycles. The quantitative estimate of drug-likeness (QED) is 0.542. The first kappa shape index (κ1) is 13.1. The van der Waals surface area contributed by atoms with E-state index < -0.39 is 0 Å². The van der Waals surface area contributed by atoms with E-state index in [1.165, 1.54) is 4.88 Å². The van der Waals surface area contributed by atoms with Gasteiger partial charge in [-0.25, -0.2) is 4.79 Å². The van der Waals surface area contributed by atoms with Gasteiger partial charge >= 0.3 is 5.97 Å². The van der Waals surface area contributed by atoms with Gasteiger partial charge in [-0.05, 0) is 6.92 Å². The lowest BCUT2D eigenvalue weighted by Gasteiger charge is -2.04. The van der Waals surface area contributed by atoms with Gasteiger partial charge in [-0.15, -0.1) is 11.3 Å². The molecule has 1 N–H and O–H groups in total. The van der Waals surface area contributed by atoms with Crippen LogP contribution in [0.5, 0.6) is 0 Å². The molecule has 0 spiro atoms. The molecule has 5 nitrogen and oxygen atoms in total. The van der Waals surface area contributed by atoms with Crippen molar-refractivity contribution in [1.82, 2.24) is 10.3 Å². The Hall–Kier alpha value is -0.980. The fourth-order valence-corrected chi connectivity index (χ4v) is 1.61. The summed E-state index contributed by atoms with van der Waals surface area (Å²) in [4.78, 5) is 16.0. The maximum Gasteiger partial charge on any atom is 0.332 e. The molecule has 90 valence electrons. The minimum absolute atomic E-state index is 0.0239. The topological polar surface area (TPSA) is 60.5 Å². The molecule has 1 aromatic heterocycles. The molecule has 16 heavy (non-hydrogen) atoms. The van der Waals surface area contributed by atoms with Gasteiger partial charge in [-0.1, -0.05) is 0 Å². The molecule has 0 amide bonds. The number of nitrogens with zero attached hydrogens (tertiary/aromatic N) is 1. The molecular weight excluding hydrogens is 228 g/mol. The van der Waals surface area contributed by atoms with Crippen LogP contribution in [0.3, 0.4) is 0 Å². The minimum atomic E-state index is -0.315. The third kappa shape index (κ3) is 5.79. The van der Waals surface area contributed by atoms with Gasteiger partial charge in [0.15, 0.2) is 0 Å². The molecule has 0 saturated carbocycles. The number of hydrogen-bond acceptors (Lipinski definition) is 6. The van der Waals surface area contributed by atoms with Crippen molar-refractivity contribution in [2.45, 2.75) is 13.5 Å². The maximum absolute atomic E-state index is 10.9. The first-order chi connectivity index (χ1) is 7.83. The number of ether oxygens (including phenoxy) is 2. The van der Waals surface area contributed by atoms with E-state index in [2.05, 4.69) is 10.3 Å². The lowest BCUT2D eigenvalue weighted by molar-refractivity contribution is -0.148. The summed E-state index contributed by atoms with van der Waals surface area (Å²) in [5.74, 6) is -0.315. The SMILES string of the molecule is CCOC(=O)COCCNCc1cncs1. The summed E-state index contributed by atoms with van der Waals surface area (Å²) >= 11 is 1.61. The van der Waals surface area contributed by atoms with Crippen molar-refractivity contribution in [1.29, 1.82) is 0 Å². The molecule has 0 radical (unpaired) electrons. The fourth-order valence-electron chi connectivity index (χ4n) is 1.04. The second-order valence-corrected chi connectivity index (χ2v) is 3.97. The molecule has 0 fully saturated rings. The number of thiazole rings is 1. The summed E-state index contributed by atoms with van der Waals surface area (Å²) in [5.41, 5.74) is 1.80. The summed E-state index contributed by atoms with van der Waals surface area (Å²) < 4.78 is 9.83. The lowest BCUT2D eigenvalue weighted by atomic mass is 10.5. The highest BCUT2D eigenvalue weighted by Crippen LogP contribution is 2.03. The standard InChI is InChI=1S/C10H16N2O3S/c1-2-15-10(13)7-14-4-3-11-5-9-6-12-8-16-9/h6,8,11H,2-5,7H2,1H3. The first-order valence-corrected chi connectivity index (χ1v) is 6.02. The number of hydrogen-bond donors (Lipinski definition) is 1. The average Bonchev–Trinajstić information content (AvgIpc) is 2.76. The van der Waals surface area contributed by atoms with E-state index in [9.17, 15) is 4.79 Å². The highest BCUT2D eigenvalue weighted by atomic mass is 32.1. The number of rotatable bonds is 8. The van der Waals surface area contributed by atoms with Gasteiger partial charge in [0.2, 0.25) is 0 Å². The van der Waals surface area contributed by atoms with Crippen LogP contribution >= 0.6 is 11.3 Å². The number of nitrogens with one attached hydrogen (secondary N) is 1. The van der Waals surface area contributed by atoms with Gasteiger partial charge in [0.05, 0.1) is 18.7 Å². The zero-order chi connectivity index (χ0) is 11.6. The van der Waals surface area contributed by atoms with E-state index in [-0.39, 0.29) is 12.6 Å². The van der Waals surface area contributed by atoms with E-state index in [1.807, 2.05) is 6.20 Å². The van der Waals surface area contributed by atoms with Crippen molar-refractivity contribution in [2.24, 2.45) is 0 Å². The molecule has 0 aliphatic heterocycles. The van der Waals surface area contributed by atoms with Crippen LogP contribution < -0.4 is 5.32 Å². The Morgan fingerprint density at radius 3 is 3.19 bits per heavy atom. The van der Waals surface area contributed by atoms with Gasteiger partial charge in [0, 0.05) is 24.2 Å². The Morgan fingerprint density at radius 1 is 1.62 bits per heavy atom. The van der Waals surface area contributed by atoms with Crippen molar-refractivity contribution in [2.75, 3.05) is 26.4 Å². The maximum atomic E-state index is 10.9. The summed E-state index contributed by atoms with van der Waals surface area (Å²) in [6, 6.07) is 0. The number of carbonyl (C=O) groups excluding carboxylic acids is 1. The molecule has 0 aromatic carbocycles. The third-order valence-corrected chi connectivity index (χ3v) is 2.51. The van der Waals surface area contributed by atoms with Gasteiger partial charge in [0.1, 0.15) is 6.61 Å². The third-order valence-electron chi connectivity index (χ3n) is 1.73. The molecule has 0 bridgehead atoms. The van der Waals surface area contributed by atoms with Gasteiger partial charge in [-0.3, -0.25) is 4.98 Å². The average molecular weight is 244 g/mol. The highest BCUT2D eigenvalue weighted by molar-refractivity contribution is 7.09. The summed E-state index contributed by atoms with van der Waals surface area (Å²) in [7, 11) is 0. The zero-order valence-corrected chi connectivity index (χ0v) is 10.1. The van der Waals surface area contributed by atoms with Crippen LogP contribution in [0.4, 0.5) is 0 Å². The molecule has 6 heteroatoms. The molecule has 0 saturated heterocycles. The Labute approximate surface area is 98.8 Å². The summed E-state index contributed by atoms with van der Waals surface area (Å²) in [6.07, 6.45) is 1.83. The van der Waals surface area contributed by atoms with Gasteiger partial charge in [-0.2, -0.15) is 0 Å². The number of aromatic nitrogens is 1. The molecule has 1 heterocycles. The van der Waals surface area contributed by atoms with E-state index in [1.54, 1.807) is 23.8 Å². The molecule has 0 aliphatic rings. The summed E-state index contributed by atoms with van der Waals surface area (Å²) in [5, 5.41) is 3.19. The molecule has 0 unspecified atom stereocenters. The van der Waals surface area contributed by atoms with Crippen LogP contribution in [-0.4, -0.2) is 37.3 Å². The highest BCUT2D eigenvalue weighted by Gasteiger charge is 2.00. The monoisotopic (exact) mass is 244 g/mol. The smallest absolute Gasteiger partial charge is 0.332 e. The Morgan fingerprint density at radius 2 is 2.50 bits per heavy atom. The van der Waals surface area contributed by atoms with E-state index in [0.717, 1.165) is 6.54 Å². The largest absolute Gasteiger partial charge is 0.464 e. The lowest BCUT2D eigenvalue weighted by Crippen LogP contribution is -2.21. The predicted molar refractivity (Wildman–Crippen MR) is 61.3 cm³/mol. The van der Waals surface area contributed by atoms with Crippen LogP contribution in [0.25, 0.3) is 0 Å². The Balaban J connectivity index is 1.90. The molecular formula is C10H16N2O3S. The summed E-state index contributed by atoms with van der Waals surface area (Å²) in [6.45, 7) is 4.18. The van der Waals surface area contributed by atoms with Crippen molar-refractivity contribution >= 4 is 17.3 Å². The van der Waals surface area contributed by atoms with Crippen LogP contribution in [0, 0.1) is 0 Å². The van der Waals surface area contributed by atoms with Crippen LogP contribution in [-0.2, 0) is 20.8 Å². The van der Waals surface area contributed by atoms with Crippen LogP contribution in [0.2, 0.25) is 0 Å². The molecule has 0 atom stereocenters. The first-order valence-electron chi connectivity index (χ1n) is 5.14. The van der Waals surface area contributed by atoms with Gasteiger partial charge in [0.25, 0.3) is 0 Å². The fraction of sp³-hybridized carbons (Fsp3) is 0.600. The minimum Gasteiger partial charge on any atom is -0.464 e. The zero-order valence-electron chi connectivity index (χ0n) is 9.27. The van der Waals surface area contributed by atoms with Crippen LogP contribution in [0.1, 0.15) is 11.8 Å². The predicted octanol–water partition coefficient (Wildman–Crippen LogP) is 0.812. The molecule has 1 aromatic rings. The normalized spacial score (nSPS) is 10.3. The van der Waals surface area contributed by atoms with Gasteiger partial charge < -0.3 is 14.8 Å². The Kier molecular flexibility index (Phi) is 6.71. The number of carbonyl (C=O) groups is 1. The van der Waals surface area contributed by atoms with E-state index >= 15 is 0 Å². The van der Waals surface area contributed by atoms with Crippen molar-refractivity contribution in [3.8, 4) is 0 Å². The van der Waals surface area contributed by atoms with E-state index in [0.29, 0.717) is 19.8 Å². The molecule has 1 rings (SSSR count). The van der Waals surface area contributed by atoms with Crippen molar-refractivity contribution in [3.63, 3.8) is 0 Å². The number of esters is 1. The van der Waals surface area contributed by atoms with Crippen molar-refractivity contribution < 1.29 is 14.3 Å². The second kappa shape index (κ2) is 8.20. The Bertz CT molecular complexity index is 290. The van der Waals surface area contributed by atoms with Crippen molar-refractivity contribution in [3.05, 3.63) is 16.6 Å². The van der Waals surface area contributed by atoms with Crippen LogP contribution in [0.15, 0.2) is 11.7 Å².